The highest BCUT2D eigenvalue weighted by Crippen LogP contribution is 2.26. The third-order valence-corrected chi connectivity index (χ3v) is 5.74. The van der Waals surface area contributed by atoms with Crippen molar-refractivity contribution in [3.63, 3.8) is 0 Å². The molecule has 3 heterocycles. The van der Waals surface area contributed by atoms with Gasteiger partial charge in [-0.1, -0.05) is 13.0 Å². The molecule has 1 aromatic heterocycles. The number of carbonyl (C=O) groups excluding carboxylic acids is 4. The predicted octanol–water partition coefficient (Wildman–Crippen LogP) is 2.23. The number of hydrogen-bond acceptors (Lipinski definition) is 7. The SMILES string of the molecule is C=C.CCc1oc(C2NC(=O)NC2=O)cc1/C=C(\CF)C(=O)NCCN.COc1ccc2c(c1)C(=O)N(C)C2. The third kappa shape index (κ3) is 7.54. The van der Waals surface area contributed by atoms with E-state index >= 15 is 0 Å². The average Bonchev–Trinajstić information content (AvgIpc) is 3.60. The van der Waals surface area contributed by atoms with Crippen molar-refractivity contribution >= 4 is 29.8 Å². The number of amides is 5. The minimum atomic E-state index is -0.958. The first-order chi connectivity index (χ1) is 18.7. The number of nitrogens with zero attached hydrogens (tertiary/aromatic N) is 1. The standard InChI is InChI=1S/C15H19FN4O4.C10H11NO2.C2H4/c1-2-10-8(5-9(7-16)13(21)18-4-3-17)6-11(24-10)12-14(22)20-15(23)19-12;1-11-6-7-3-4-8(13-2)5-9(7)10(11)12;1-2/h5-6,12H,2-4,7,17H2,1H3,(H,18,21)(H2,19,20,22,23);3-5H,6H2,1-2H3;1-2H2/b9-5+;;. The number of fused-ring (bicyclic) bond motifs is 1. The smallest absolute Gasteiger partial charge is 0.322 e. The lowest BCUT2D eigenvalue weighted by Crippen LogP contribution is -2.30. The van der Waals surface area contributed by atoms with Crippen molar-refractivity contribution in [2.75, 3.05) is 33.9 Å². The highest BCUT2D eigenvalue weighted by Gasteiger charge is 2.34. The zero-order chi connectivity index (χ0) is 29.1. The van der Waals surface area contributed by atoms with E-state index in [1.807, 2.05) is 19.1 Å². The molecule has 0 aliphatic carbocycles. The molecule has 1 saturated heterocycles. The monoisotopic (exact) mass is 543 g/mol. The van der Waals surface area contributed by atoms with Gasteiger partial charge in [-0.3, -0.25) is 19.7 Å². The number of benzene rings is 1. The molecule has 1 aromatic carbocycles. The van der Waals surface area contributed by atoms with Crippen LogP contribution < -0.4 is 26.4 Å². The summed E-state index contributed by atoms with van der Waals surface area (Å²) in [5.74, 6) is 0.438. The van der Waals surface area contributed by atoms with Gasteiger partial charge in [0.15, 0.2) is 6.04 Å². The second-order valence-corrected chi connectivity index (χ2v) is 8.31. The van der Waals surface area contributed by atoms with Crippen molar-refractivity contribution in [2.45, 2.75) is 25.9 Å². The summed E-state index contributed by atoms with van der Waals surface area (Å²) < 4.78 is 23.8. The maximum Gasteiger partial charge on any atom is 0.322 e. The van der Waals surface area contributed by atoms with Gasteiger partial charge in [0.25, 0.3) is 11.8 Å². The molecule has 4 rings (SSSR count). The molecule has 1 unspecified atom stereocenters. The van der Waals surface area contributed by atoms with E-state index in [4.69, 9.17) is 14.9 Å². The number of nitrogens with two attached hydrogens (primary N) is 1. The second-order valence-electron chi connectivity index (χ2n) is 8.31. The van der Waals surface area contributed by atoms with Crippen molar-refractivity contribution in [1.29, 1.82) is 0 Å². The summed E-state index contributed by atoms with van der Waals surface area (Å²) in [5.41, 5.74) is 7.55. The maximum atomic E-state index is 13.2. The van der Waals surface area contributed by atoms with Crippen LogP contribution in [0, 0.1) is 0 Å². The average molecular weight is 544 g/mol. The molecule has 1 fully saturated rings. The maximum absolute atomic E-state index is 13.2. The molecule has 0 saturated carbocycles. The quantitative estimate of drug-likeness (QED) is 0.226. The fourth-order valence-corrected chi connectivity index (χ4v) is 3.83. The predicted molar refractivity (Wildman–Crippen MR) is 144 cm³/mol. The largest absolute Gasteiger partial charge is 0.497 e. The molecule has 0 radical (unpaired) electrons. The van der Waals surface area contributed by atoms with Gasteiger partial charge in [-0.05, 0) is 29.8 Å². The van der Waals surface area contributed by atoms with Crippen LogP contribution in [0.5, 0.6) is 5.75 Å². The molecule has 11 nitrogen and oxygen atoms in total. The van der Waals surface area contributed by atoms with Gasteiger partial charge in [-0.2, -0.15) is 0 Å². The Balaban J connectivity index is 0.000000298. The first kappa shape index (κ1) is 30.8. The number of halogens is 1. The van der Waals surface area contributed by atoms with Crippen LogP contribution in [0.4, 0.5) is 9.18 Å². The lowest BCUT2D eigenvalue weighted by Gasteiger charge is -2.04. The van der Waals surface area contributed by atoms with E-state index < -0.39 is 30.6 Å². The number of carbonyl (C=O) groups is 4. The van der Waals surface area contributed by atoms with E-state index in [1.165, 1.54) is 12.1 Å². The van der Waals surface area contributed by atoms with Gasteiger partial charge >= 0.3 is 6.03 Å². The van der Waals surface area contributed by atoms with Crippen molar-refractivity contribution in [3.8, 4) is 5.75 Å². The summed E-state index contributed by atoms with van der Waals surface area (Å²) in [4.78, 5) is 48.0. The van der Waals surface area contributed by atoms with Crippen LogP contribution in [0.2, 0.25) is 0 Å². The number of rotatable bonds is 8. The number of nitrogens with one attached hydrogen (secondary N) is 3. The minimum Gasteiger partial charge on any atom is -0.497 e. The van der Waals surface area contributed by atoms with E-state index in [2.05, 4.69) is 29.1 Å². The third-order valence-electron chi connectivity index (χ3n) is 5.74. The first-order valence-electron chi connectivity index (χ1n) is 12.1. The molecule has 5 N–H and O–H groups in total. The molecule has 1 atom stereocenters. The van der Waals surface area contributed by atoms with Crippen LogP contribution in [0.25, 0.3) is 6.08 Å². The van der Waals surface area contributed by atoms with Gasteiger partial charge in [-0.25, -0.2) is 9.18 Å². The molecule has 12 heteroatoms. The normalized spacial score (nSPS) is 15.8. The summed E-state index contributed by atoms with van der Waals surface area (Å²) in [6.07, 6.45) is 1.84. The lowest BCUT2D eigenvalue weighted by molar-refractivity contribution is -0.120. The molecule has 0 spiro atoms. The van der Waals surface area contributed by atoms with Crippen LogP contribution in [-0.4, -0.2) is 62.6 Å². The highest BCUT2D eigenvalue weighted by atomic mass is 19.1. The Morgan fingerprint density at radius 3 is 2.59 bits per heavy atom. The molecule has 39 heavy (non-hydrogen) atoms. The highest BCUT2D eigenvalue weighted by molar-refractivity contribution is 6.04. The molecule has 2 aromatic rings. The number of methoxy groups -OCH3 is 1. The van der Waals surface area contributed by atoms with Gasteiger partial charge in [0.2, 0.25) is 5.91 Å². The number of furan rings is 1. The van der Waals surface area contributed by atoms with E-state index in [0.717, 1.165) is 16.9 Å². The summed E-state index contributed by atoms with van der Waals surface area (Å²) in [5, 5.41) is 7.02. The van der Waals surface area contributed by atoms with Crippen molar-refractivity contribution < 1.29 is 32.7 Å². The molecule has 0 bridgehead atoms. The topological polar surface area (TPSA) is 156 Å². The lowest BCUT2D eigenvalue weighted by atomic mass is 10.1. The summed E-state index contributed by atoms with van der Waals surface area (Å²) in [6.45, 7) is 8.05. The molecular formula is C27H34FN5O6. The number of aryl methyl sites for hydroxylation is 1. The number of hydrogen-bond donors (Lipinski definition) is 4. The number of imide groups is 1. The van der Waals surface area contributed by atoms with Gasteiger partial charge in [0, 0.05) is 49.8 Å². The zero-order valence-electron chi connectivity index (χ0n) is 22.3. The Hall–Kier alpha value is -4.45. The van der Waals surface area contributed by atoms with E-state index in [1.54, 1.807) is 25.1 Å². The van der Waals surface area contributed by atoms with E-state index in [9.17, 15) is 23.6 Å². The van der Waals surface area contributed by atoms with E-state index in [0.29, 0.717) is 24.3 Å². The van der Waals surface area contributed by atoms with Gasteiger partial charge < -0.3 is 30.4 Å². The fourth-order valence-electron chi connectivity index (χ4n) is 3.83. The number of alkyl halides is 1. The minimum absolute atomic E-state index is 0.0777. The van der Waals surface area contributed by atoms with Crippen molar-refractivity contribution in [1.82, 2.24) is 20.9 Å². The summed E-state index contributed by atoms with van der Waals surface area (Å²) >= 11 is 0. The molecular weight excluding hydrogens is 509 g/mol. The molecule has 5 amide bonds. The van der Waals surface area contributed by atoms with Crippen LogP contribution in [-0.2, 0) is 22.6 Å². The zero-order valence-corrected chi connectivity index (χ0v) is 22.3. The van der Waals surface area contributed by atoms with E-state index in [-0.39, 0.29) is 30.3 Å². The number of urea groups is 1. The Morgan fingerprint density at radius 1 is 1.31 bits per heavy atom. The van der Waals surface area contributed by atoms with Gasteiger partial charge in [0.1, 0.15) is 23.9 Å². The van der Waals surface area contributed by atoms with Crippen LogP contribution in [0.15, 0.2) is 47.4 Å². The fraction of sp³-hybridized carbons (Fsp3) is 0.333. The van der Waals surface area contributed by atoms with Crippen LogP contribution >= 0.6 is 0 Å². The van der Waals surface area contributed by atoms with Gasteiger partial charge in [-0.15, -0.1) is 13.2 Å². The first-order valence-corrected chi connectivity index (χ1v) is 12.1. The Bertz CT molecular complexity index is 1240. The Labute approximate surface area is 226 Å². The van der Waals surface area contributed by atoms with Gasteiger partial charge in [0.05, 0.1) is 7.11 Å². The molecule has 210 valence electrons. The number of ether oxygens (including phenoxy) is 1. The molecule has 2 aliphatic heterocycles. The van der Waals surface area contributed by atoms with Crippen molar-refractivity contribution in [3.05, 3.63) is 71.2 Å². The summed E-state index contributed by atoms with van der Waals surface area (Å²) in [7, 11) is 3.40. The van der Waals surface area contributed by atoms with Crippen LogP contribution in [0.1, 0.15) is 46.0 Å². The Kier molecular flexibility index (Phi) is 11.4. The van der Waals surface area contributed by atoms with Crippen molar-refractivity contribution in [2.24, 2.45) is 5.73 Å². The second kappa shape index (κ2) is 14.5. The summed E-state index contributed by atoms with van der Waals surface area (Å²) in [6, 6.07) is 5.58. The molecule has 2 aliphatic rings. The Morgan fingerprint density at radius 2 is 2.03 bits per heavy atom. The van der Waals surface area contributed by atoms with Crippen LogP contribution in [0.3, 0.4) is 0 Å².